The number of rotatable bonds is 7. The minimum Gasteiger partial charge on any atom is -0.363 e. The molecule has 144 valence electrons. The summed E-state index contributed by atoms with van der Waals surface area (Å²) in [5.74, 6) is 1.07. The highest BCUT2D eigenvalue weighted by molar-refractivity contribution is 5.81. The van der Waals surface area contributed by atoms with Crippen molar-refractivity contribution in [1.82, 2.24) is 10.3 Å². The SMILES string of the molecule is CCN(CC(=O)NCc1ccc(N2CCCCCC2)nc1)c1ccccc1. The van der Waals surface area contributed by atoms with Gasteiger partial charge in [-0.25, -0.2) is 4.98 Å². The van der Waals surface area contributed by atoms with E-state index >= 15 is 0 Å². The van der Waals surface area contributed by atoms with Gasteiger partial charge in [-0.05, 0) is 43.5 Å². The first-order valence-corrected chi connectivity index (χ1v) is 10.0. The fraction of sp³-hybridized carbons (Fsp3) is 0.455. The molecule has 1 aliphatic rings. The third kappa shape index (κ3) is 5.71. The van der Waals surface area contributed by atoms with E-state index in [-0.39, 0.29) is 5.91 Å². The number of anilines is 2. The second-order valence-electron chi connectivity index (χ2n) is 7.05. The first-order valence-electron chi connectivity index (χ1n) is 10.0. The smallest absolute Gasteiger partial charge is 0.239 e. The maximum atomic E-state index is 12.3. The van der Waals surface area contributed by atoms with Crippen LogP contribution in [0.4, 0.5) is 11.5 Å². The lowest BCUT2D eigenvalue weighted by atomic mass is 10.2. The van der Waals surface area contributed by atoms with Crippen molar-refractivity contribution in [1.29, 1.82) is 0 Å². The van der Waals surface area contributed by atoms with Gasteiger partial charge < -0.3 is 15.1 Å². The Labute approximate surface area is 162 Å². The number of benzene rings is 1. The van der Waals surface area contributed by atoms with Gasteiger partial charge >= 0.3 is 0 Å². The maximum absolute atomic E-state index is 12.3. The zero-order valence-corrected chi connectivity index (χ0v) is 16.2. The van der Waals surface area contributed by atoms with Gasteiger partial charge in [0.2, 0.25) is 5.91 Å². The van der Waals surface area contributed by atoms with Gasteiger partial charge in [0, 0.05) is 38.1 Å². The standard InChI is InChI=1S/C22H30N4O/c1-2-25(20-10-6-5-7-11-20)18-22(27)24-17-19-12-13-21(23-16-19)26-14-8-3-4-9-15-26/h5-7,10-13,16H,2-4,8-9,14-15,17-18H2,1H3,(H,24,27). The van der Waals surface area contributed by atoms with Crippen molar-refractivity contribution in [2.24, 2.45) is 0 Å². The quantitative estimate of drug-likeness (QED) is 0.813. The first kappa shape index (κ1) is 19.2. The molecule has 0 unspecified atom stereocenters. The van der Waals surface area contributed by atoms with E-state index in [4.69, 9.17) is 0 Å². The number of carbonyl (C=O) groups excluding carboxylic acids is 1. The highest BCUT2D eigenvalue weighted by atomic mass is 16.2. The second kappa shape index (κ2) is 9.95. The minimum atomic E-state index is 0.0253. The Kier molecular flexibility index (Phi) is 7.08. The van der Waals surface area contributed by atoms with E-state index in [0.29, 0.717) is 13.1 Å². The van der Waals surface area contributed by atoms with Crippen LogP contribution in [0.3, 0.4) is 0 Å². The molecule has 2 heterocycles. The van der Waals surface area contributed by atoms with Crippen molar-refractivity contribution in [2.75, 3.05) is 36.0 Å². The van der Waals surface area contributed by atoms with Crippen LogP contribution in [0.25, 0.3) is 0 Å². The van der Waals surface area contributed by atoms with Gasteiger partial charge in [0.15, 0.2) is 0 Å². The molecule has 0 spiro atoms. The Morgan fingerprint density at radius 2 is 1.81 bits per heavy atom. The highest BCUT2D eigenvalue weighted by Gasteiger charge is 2.12. The first-order chi connectivity index (χ1) is 13.3. The van der Waals surface area contributed by atoms with Gasteiger partial charge in [0.1, 0.15) is 5.82 Å². The molecule has 27 heavy (non-hydrogen) atoms. The zero-order chi connectivity index (χ0) is 18.9. The number of amides is 1. The molecule has 2 aromatic rings. The summed E-state index contributed by atoms with van der Waals surface area (Å²) in [7, 11) is 0. The topological polar surface area (TPSA) is 48.5 Å². The van der Waals surface area contributed by atoms with E-state index in [1.165, 1.54) is 25.7 Å². The summed E-state index contributed by atoms with van der Waals surface area (Å²) >= 11 is 0. The van der Waals surface area contributed by atoms with Crippen LogP contribution in [-0.4, -0.2) is 37.1 Å². The molecule has 1 saturated heterocycles. The van der Waals surface area contributed by atoms with Crippen LogP contribution in [0.2, 0.25) is 0 Å². The molecule has 5 heteroatoms. The van der Waals surface area contributed by atoms with Crippen LogP contribution >= 0.6 is 0 Å². The fourth-order valence-corrected chi connectivity index (χ4v) is 3.46. The molecule has 3 rings (SSSR count). The van der Waals surface area contributed by atoms with Crippen molar-refractivity contribution >= 4 is 17.4 Å². The normalized spacial score (nSPS) is 14.5. The molecular formula is C22H30N4O. The third-order valence-electron chi connectivity index (χ3n) is 5.07. The number of nitrogens with zero attached hydrogens (tertiary/aromatic N) is 3. The molecule has 1 N–H and O–H groups in total. The average molecular weight is 367 g/mol. The van der Waals surface area contributed by atoms with Crippen LogP contribution in [-0.2, 0) is 11.3 Å². The molecule has 0 saturated carbocycles. The summed E-state index contributed by atoms with van der Waals surface area (Å²) < 4.78 is 0. The van der Waals surface area contributed by atoms with Crippen LogP contribution in [0.15, 0.2) is 48.7 Å². The molecular weight excluding hydrogens is 336 g/mol. The van der Waals surface area contributed by atoms with E-state index < -0.39 is 0 Å². The van der Waals surface area contributed by atoms with E-state index in [1.807, 2.05) is 36.5 Å². The predicted octanol–water partition coefficient (Wildman–Crippen LogP) is 3.60. The van der Waals surface area contributed by atoms with Gasteiger partial charge in [0.05, 0.1) is 6.54 Å². The minimum absolute atomic E-state index is 0.0253. The van der Waals surface area contributed by atoms with E-state index in [1.54, 1.807) is 0 Å². The number of aromatic nitrogens is 1. The predicted molar refractivity (Wildman–Crippen MR) is 111 cm³/mol. The Balaban J connectivity index is 1.49. The number of likely N-dealkylation sites (N-methyl/N-ethyl adjacent to an activating group) is 1. The van der Waals surface area contributed by atoms with Crippen molar-refractivity contribution in [2.45, 2.75) is 39.2 Å². The second-order valence-corrected chi connectivity index (χ2v) is 7.05. The Morgan fingerprint density at radius 1 is 1.07 bits per heavy atom. The van der Waals surface area contributed by atoms with Crippen molar-refractivity contribution in [3.8, 4) is 0 Å². The Morgan fingerprint density at radius 3 is 2.44 bits per heavy atom. The van der Waals surface area contributed by atoms with Crippen molar-refractivity contribution < 1.29 is 4.79 Å². The number of para-hydroxylation sites is 1. The van der Waals surface area contributed by atoms with Gasteiger partial charge in [-0.2, -0.15) is 0 Å². The Bertz CT molecular complexity index is 694. The number of nitrogens with one attached hydrogen (secondary N) is 1. The number of hydrogen-bond donors (Lipinski definition) is 1. The van der Waals surface area contributed by atoms with Crippen molar-refractivity contribution in [3.05, 3.63) is 54.2 Å². The molecule has 0 radical (unpaired) electrons. The van der Waals surface area contributed by atoms with Crippen LogP contribution in [0, 0.1) is 0 Å². The molecule has 1 amide bonds. The Hall–Kier alpha value is -2.56. The maximum Gasteiger partial charge on any atom is 0.239 e. The van der Waals surface area contributed by atoms with E-state index in [2.05, 4.69) is 39.2 Å². The van der Waals surface area contributed by atoms with Crippen LogP contribution < -0.4 is 15.1 Å². The molecule has 0 atom stereocenters. The molecule has 1 fully saturated rings. The summed E-state index contributed by atoms with van der Waals surface area (Å²) in [4.78, 5) is 21.4. The summed E-state index contributed by atoms with van der Waals surface area (Å²) in [6, 6.07) is 14.2. The monoisotopic (exact) mass is 366 g/mol. The highest BCUT2D eigenvalue weighted by Crippen LogP contribution is 2.17. The van der Waals surface area contributed by atoms with Crippen LogP contribution in [0.5, 0.6) is 0 Å². The molecule has 1 aliphatic heterocycles. The molecule has 0 bridgehead atoms. The largest absolute Gasteiger partial charge is 0.363 e. The lowest BCUT2D eigenvalue weighted by molar-refractivity contribution is -0.119. The van der Waals surface area contributed by atoms with E-state index in [0.717, 1.165) is 36.7 Å². The molecule has 0 aliphatic carbocycles. The third-order valence-corrected chi connectivity index (χ3v) is 5.07. The number of pyridine rings is 1. The van der Waals surface area contributed by atoms with Gasteiger partial charge in [-0.1, -0.05) is 37.1 Å². The lowest BCUT2D eigenvalue weighted by Gasteiger charge is -2.22. The van der Waals surface area contributed by atoms with Gasteiger partial charge in [0.25, 0.3) is 0 Å². The fourth-order valence-electron chi connectivity index (χ4n) is 3.46. The molecule has 1 aromatic carbocycles. The zero-order valence-electron chi connectivity index (χ0n) is 16.2. The van der Waals surface area contributed by atoms with E-state index in [9.17, 15) is 4.79 Å². The van der Waals surface area contributed by atoms with Gasteiger partial charge in [-0.3, -0.25) is 4.79 Å². The summed E-state index contributed by atoms with van der Waals surface area (Å²) in [5.41, 5.74) is 2.10. The van der Waals surface area contributed by atoms with Gasteiger partial charge in [-0.15, -0.1) is 0 Å². The summed E-state index contributed by atoms with van der Waals surface area (Å²) in [5, 5.41) is 3.01. The van der Waals surface area contributed by atoms with Crippen LogP contribution in [0.1, 0.15) is 38.2 Å². The summed E-state index contributed by atoms with van der Waals surface area (Å²) in [6.07, 6.45) is 7.01. The molecule has 1 aromatic heterocycles. The lowest BCUT2D eigenvalue weighted by Crippen LogP contribution is -2.37. The van der Waals surface area contributed by atoms with Crippen molar-refractivity contribution in [3.63, 3.8) is 0 Å². The summed E-state index contributed by atoms with van der Waals surface area (Å²) in [6.45, 7) is 5.92. The number of carbonyl (C=O) groups is 1. The number of hydrogen-bond acceptors (Lipinski definition) is 4. The average Bonchev–Trinajstić information content (AvgIpc) is 3.01. The molecule has 5 nitrogen and oxygen atoms in total.